The molecule has 0 amide bonds. The number of benzene rings is 1. The van der Waals surface area contributed by atoms with Crippen LogP contribution in [0.2, 0.25) is 0 Å². The summed E-state index contributed by atoms with van der Waals surface area (Å²) < 4.78 is 75.0. The molecule has 1 aromatic rings. The van der Waals surface area contributed by atoms with Gasteiger partial charge in [-0.3, -0.25) is 4.79 Å². The van der Waals surface area contributed by atoms with E-state index in [1.807, 2.05) is 0 Å². The summed E-state index contributed by atoms with van der Waals surface area (Å²) in [7, 11) is 0. The molecule has 0 N–H and O–H groups in total. The Morgan fingerprint density at radius 1 is 1.24 bits per heavy atom. The van der Waals surface area contributed by atoms with Crippen LogP contribution in [0.15, 0.2) is 12.1 Å². The van der Waals surface area contributed by atoms with Crippen molar-refractivity contribution >= 4 is 5.78 Å². The van der Waals surface area contributed by atoms with Crippen LogP contribution in [0.1, 0.15) is 34.8 Å². The zero-order valence-electron chi connectivity index (χ0n) is 8.41. The molecule has 94 valence electrons. The Hall–Kier alpha value is -1.53. The lowest BCUT2D eigenvalue weighted by molar-refractivity contribution is -0.139. The summed E-state index contributed by atoms with van der Waals surface area (Å²) in [6.07, 6.45) is -8.54. The van der Waals surface area contributed by atoms with Gasteiger partial charge in [0.15, 0.2) is 5.78 Å². The summed E-state index contributed by atoms with van der Waals surface area (Å²) in [5, 5.41) is 0. The van der Waals surface area contributed by atoms with Crippen LogP contribution in [0, 0.1) is 5.82 Å². The second-order valence-electron chi connectivity index (χ2n) is 3.27. The first-order valence-electron chi connectivity index (χ1n) is 4.34. The number of hydrogen-bond donors (Lipinski definition) is 0. The third-order valence-corrected chi connectivity index (χ3v) is 2.06. The largest absolute Gasteiger partial charge is 0.416 e. The van der Waals surface area contributed by atoms with E-state index in [2.05, 4.69) is 0 Å². The Bertz CT molecular complexity index is 449. The second-order valence-corrected chi connectivity index (χ2v) is 3.27. The summed E-state index contributed by atoms with van der Waals surface area (Å²) >= 11 is 0. The molecular formula is C10H6F6O. The molecule has 0 saturated carbocycles. The summed E-state index contributed by atoms with van der Waals surface area (Å²) in [6, 6.07) is 0.156. The molecule has 0 heterocycles. The lowest BCUT2D eigenvalue weighted by atomic mass is 10.0. The normalized spacial score (nSPS) is 12.0. The van der Waals surface area contributed by atoms with Gasteiger partial charge in [-0.1, -0.05) is 0 Å². The molecule has 7 heteroatoms. The minimum atomic E-state index is -5.07. The van der Waals surface area contributed by atoms with E-state index in [9.17, 15) is 31.1 Å². The Balaban J connectivity index is 3.54. The molecule has 0 aliphatic rings. The Morgan fingerprint density at radius 3 is 2.12 bits per heavy atom. The topological polar surface area (TPSA) is 17.1 Å². The fourth-order valence-corrected chi connectivity index (χ4v) is 1.28. The third kappa shape index (κ3) is 2.78. The van der Waals surface area contributed by atoms with E-state index in [1.54, 1.807) is 0 Å². The number of hydrogen-bond acceptors (Lipinski definition) is 1. The van der Waals surface area contributed by atoms with E-state index in [0.717, 1.165) is 6.92 Å². The van der Waals surface area contributed by atoms with Crippen LogP contribution >= 0.6 is 0 Å². The van der Waals surface area contributed by atoms with Crippen molar-refractivity contribution in [3.8, 4) is 0 Å². The van der Waals surface area contributed by atoms with Crippen LogP contribution in [0.3, 0.4) is 0 Å². The van der Waals surface area contributed by atoms with Crippen LogP contribution in [0.4, 0.5) is 26.3 Å². The maximum atomic E-state index is 13.1. The van der Waals surface area contributed by atoms with Gasteiger partial charge in [-0.15, -0.1) is 0 Å². The third-order valence-electron chi connectivity index (χ3n) is 2.06. The average molecular weight is 256 g/mol. The fraction of sp³-hybridized carbons (Fsp3) is 0.300. The van der Waals surface area contributed by atoms with Crippen molar-refractivity contribution in [1.82, 2.24) is 0 Å². The van der Waals surface area contributed by atoms with E-state index in [-0.39, 0.29) is 12.1 Å². The van der Waals surface area contributed by atoms with Gasteiger partial charge in [0.2, 0.25) is 0 Å². The number of halogens is 6. The molecule has 0 radical (unpaired) electrons. The molecule has 0 aliphatic heterocycles. The van der Waals surface area contributed by atoms with Crippen LogP contribution in [-0.4, -0.2) is 5.78 Å². The van der Waals surface area contributed by atoms with Crippen LogP contribution < -0.4 is 0 Å². The zero-order chi connectivity index (χ0) is 13.4. The van der Waals surface area contributed by atoms with Crippen molar-refractivity contribution < 1.29 is 31.1 Å². The van der Waals surface area contributed by atoms with E-state index < -0.39 is 40.9 Å². The molecule has 0 saturated heterocycles. The number of alkyl halides is 5. The highest BCUT2D eigenvalue weighted by molar-refractivity contribution is 5.94. The quantitative estimate of drug-likeness (QED) is 0.577. The lowest BCUT2D eigenvalue weighted by Crippen LogP contribution is -2.12. The molecule has 0 aromatic heterocycles. The molecule has 1 nitrogen and oxygen atoms in total. The molecule has 1 aromatic carbocycles. The van der Waals surface area contributed by atoms with Gasteiger partial charge in [0.25, 0.3) is 6.43 Å². The second kappa shape index (κ2) is 4.38. The first-order chi connectivity index (χ1) is 7.64. The number of carbonyl (C=O) groups excluding carboxylic acids is 1. The zero-order valence-corrected chi connectivity index (χ0v) is 8.41. The van der Waals surface area contributed by atoms with Gasteiger partial charge in [-0.05, 0) is 19.1 Å². The molecule has 1 rings (SSSR count). The number of carbonyl (C=O) groups is 1. The summed E-state index contributed by atoms with van der Waals surface area (Å²) in [5.74, 6) is -2.35. The molecular weight excluding hydrogens is 250 g/mol. The van der Waals surface area contributed by atoms with Crippen molar-refractivity contribution in [3.63, 3.8) is 0 Å². The SMILES string of the molecule is CC(=O)c1cc(C(F)(F)F)c(C(F)F)cc1F. The van der Waals surface area contributed by atoms with Crippen molar-refractivity contribution in [1.29, 1.82) is 0 Å². The van der Waals surface area contributed by atoms with Crippen LogP contribution in [0.25, 0.3) is 0 Å². The number of Topliss-reactive ketones (excluding diaryl/α,β-unsaturated/α-hetero) is 1. The highest BCUT2D eigenvalue weighted by atomic mass is 19.4. The van der Waals surface area contributed by atoms with Gasteiger partial charge in [0, 0.05) is 5.56 Å². The molecule has 0 aliphatic carbocycles. The minimum absolute atomic E-state index is 0.0459. The average Bonchev–Trinajstić information content (AvgIpc) is 2.14. The molecule has 17 heavy (non-hydrogen) atoms. The van der Waals surface area contributed by atoms with Crippen molar-refractivity contribution in [2.45, 2.75) is 19.5 Å². The lowest BCUT2D eigenvalue weighted by Gasteiger charge is -2.14. The van der Waals surface area contributed by atoms with Gasteiger partial charge in [0.05, 0.1) is 11.1 Å². The highest BCUT2D eigenvalue weighted by Crippen LogP contribution is 2.37. The van der Waals surface area contributed by atoms with Crippen LogP contribution in [0.5, 0.6) is 0 Å². The summed E-state index contributed by atoms with van der Waals surface area (Å²) in [4.78, 5) is 10.8. The van der Waals surface area contributed by atoms with Gasteiger partial charge in [-0.25, -0.2) is 13.2 Å². The van der Waals surface area contributed by atoms with Crippen molar-refractivity contribution in [2.75, 3.05) is 0 Å². The number of ketones is 1. The molecule has 0 fully saturated rings. The smallest absolute Gasteiger partial charge is 0.294 e. The number of rotatable bonds is 2. The minimum Gasteiger partial charge on any atom is -0.294 e. The first-order valence-corrected chi connectivity index (χ1v) is 4.34. The van der Waals surface area contributed by atoms with E-state index in [4.69, 9.17) is 0 Å². The summed E-state index contributed by atoms with van der Waals surface area (Å²) in [6.45, 7) is 0.848. The summed E-state index contributed by atoms with van der Waals surface area (Å²) in [5.41, 5.74) is -4.03. The standard InChI is InChI=1S/C10H6F6O/c1-4(17)5-2-7(10(14,15)16)6(9(12)13)3-8(5)11/h2-3,9H,1H3. The van der Waals surface area contributed by atoms with Crippen molar-refractivity contribution in [3.05, 3.63) is 34.6 Å². The molecule has 0 atom stereocenters. The predicted molar refractivity (Wildman–Crippen MR) is 46.4 cm³/mol. The Kier molecular flexibility index (Phi) is 3.49. The van der Waals surface area contributed by atoms with Gasteiger partial charge >= 0.3 is 6.18 Å². The van der Waals surface area contributed by atoms with Crippen molar-refractivity contribution in [2.24, 2.45) is 0 Å². The Morgan fingerprint density at radius 2 is 1.76 bits per heavy atom. The fourth-order valence-electron chi connectivity index (χ4n) is 1.28. The molecule has 0 unspecified atom stereocenters. The van der Waals surface area contributed by atoms with Gasteiger partial charge in [-0.2, -0.15) is 13.2 Å². The maximum Gasteiger partial charge on any atom is 0.416 e. The monoisotopic (exact) mass is 256 g/mol. The van der Waals surface area contributed by atoms with Gasteiger partial charge in [0.1, 0.15) is 5.82 Å². The first kappa shape index (κ1) is 13.5. The van der Waals surface area contributed by atoms with E-state index >= 15 is 0 Å². The van der Waals surface area contributed by atoms with Crippen LogP contribution in [-0.2, 0) is 6.18 Å². The maximum absolute atomic E-state index is 13.1. The Labute approximate surface area is 92.0 Å². The predicted octanol–water partition coefficient (Wildman–Crippen LogP) is 3.98. The van der Waals surface area contributed by atoms with E-state index in [0.29, 0.717) is 0 Å². The molecule has 0 bridgehead atoms. The van der Waals surface area contributed by atoms with Gasteiger partial charge < -0.3 is 0 Å². The molecule has 0 spiro atoms. The highest BCUT2D eigenvalue weighted by Gasteiger charge is 2.37. The van der Waals surface area contributed by atoms with E-state index in [1.165, 1.54) is 0 Å².